The Morgan fingerprint density at radius 1 is 1.14 bits per heavy atom. The highest BCUT2D eigenvalue weighted by atomic mass is 35.5. The van der Waals surface area contributed by atoms with E-state index in [9.17, 15) is 4.79 Å². The van der Waals surface area contributed by atoms with Gasteiger partial charge in [-0.25, -0.2) is 14.8 Å². The van der Waals surface area contributed by atoms with Crippen molar-refractivity contribution in [2.24, 2.45) is 0 Å². The number of carbonyl (C=O) groups is 1. The van der Waals surface area contributed by atoms with Gasteiger partial charge in [-0.2, -0.15) is 0 Å². The highest BCUT2D eigenvalue weighted by molar-refractivity contribution is 7.18. The van der Waals surface area contributed by atoms with Gasteiger partial charge in [0.05, 0.1) is 12.2 Å². The molecule has 0 saturated heterocycles. The predicted octanol–water partition coefficient (Wildman–Crippen LogP) is 5.53. The van der Waals surface area contributed by atoms with Crippen LogP contribution in [0.4, 0.5) is 5.00 Å². The van der Waals surface area contributed by atoms with Crippen molar-refractivity contribution in [1.82, 2.24) is 15.0 Å². The van der Waals surface area contributed by atoms with Gasteiger partial charge in [-0.1, -0.05) is 11.6 Å². The Hall–Kier alpha value is -2.55. The summed E-state index contributed by atoms with van der Waals surface area (Å²) in [6.07, 6.45) is 3.44. The molecule has 9 heteroatoms. The maximum atomic E-state index is 11.2. The third kappa shape index (κ3) is 5.09. The van der Waals surface area contributed by atoms with Gasteiger partial charge in [-0.3, -0.25) is 4.98 Å². The van der Waals surface area contributed by atoms with E-state index in [0.29, 0.717) is 28.1 Å². The average molecular weight is 447 g/mol. The van der Waals surface area contributed by atoms with Gasteiger partial charge in [0.15, 0.2) is 5.82 Å². The molecule has 0 fully saturated rings. The number of carbonyl (C=O) groups excluding carboxylic acids is 1. The first-order valence-corrected chi connectivity index (χ1v) is 10.8. The van der Waals surface area contributed by atoms with Crippen LogP contribution in [0.3, 0.4) is 0 Å². The second kappa shape index (κ2) is 9.30. The molecular formula is C20H19ClN4O2S2. The lowest BCUT2D eigenvalue weighted by Crippen LogP contribution is -2.05. The number of nitrogen functional groups attached to an aromatic ring is 1. The zero-order valence-electron chi connectivity index (χ0n) is 16.1. The van der Waals surface area contributed by atoms with Crippen LogP contribution in [0, 0.1) is 13.8 Å². The molecule has 150 valence electrons. The summed E-state index contributed by atoms with van der Waals surface area (Å²) >= 11 is 9.19. The fourth-order valence-corrected chi connectivity index (χ4v) is 4.47. The molecule has 0 aromatic carbocycles. The second-order valence-corrected chi connectivity index (χ2v) is 8.89. The van der Waals surface area contributed by atoms with Crippen LogP contribution in [-0.2, 0) is 4.74 Å². The number of hydrogen-bond acceptors (Lipinski definition) is 8. The van der Waals surface area contributed by atoms with Gasteiger partial charge in [-0.15, -0.1) is 22.7 Å². The highest BCUT2D eigenvalue weighted by Crippen LogP contribution is 2.30. The van der Waals surface area contributed by atoms with Crippen molar-refractivity contribution in [3.05, 3.63) is 57.1 Å². The Morgan fingerprint density at radius 3 is 2.45 bits per heavy atom. The molecule has 6 nitrogen and oxygen atoms in total. The number of thiophene rings is 2. The Balaban J connectivity index is 0.000000177. The monoisotopic (exact) mass is 446 g/mol. The summed E-state index contributed by atoms with van der Waals surface area (Å²) in [6.45, 7) is 6.10. The zero-order chi connectivity index (χ0) is 21.0. The number of aryl methyl sites for hydroxylation is 2. The molecule has 0 spiro atoms. The van der Waals surface area contributed by atoms with Gasteiger partial charge in [0, 0.05) is 33.1 Å². The van der Waals surface area contributed by atoms with Crippen molar-refractivity contribution < 1.29 is 9.53 Å². The topological polar surface area (TPSA) is 91.0 Å². The number of hydrogen-bond donors (Lipinski definition) is 1. The number of rotatable bonds is 3. The second-order valence-electron chi connectivity index (χ2n) is 6.01. The van der Waals surface area contributed by atoms with Gasteiger partial charge in [-0.05, 0) is 45.0 Å². The lowest BCUT2D eigenvalue weighted by molar-refractivity contribution is 0.0528. The number of ether oxygens (including phenoxy) is 1. The number of esters is 1. The fraction of sp³-hybridized carbons (Fsp3) is 0.200. The van der Waals surface area contributed by atoms with E-state index in [1.54, 1.807) is 36.7 Å². The van der Waals surface area contributed by atoms with E-state index in [4.69, 9.17) is 22.1 Å². The smallest absolute Gasteiger partial charge is 0.341 e. The largest absolute Gasteiger partial charge is 0.462 e. The molecule has 29 heavy (non-hydrogen) atoms. The minimum absolute atomic E-state index is 0.334. The molecule has 4 aromatic heterocycles. The van der Waals surface area contributed by atoms with E-state index in [1.807, 2.05) is 32.0 Å². The minimum Gasteiger partial charge on any atom is -0.462 e. The number of aromatic nitrogens is 3. The van der Waals surface area contributed by atoms with Crippen LogP contribution >= 0.6 is 34.3 Å². The normalized spacial score (nSPS) is 10.5. The molecule has 2 N–H and O–H groups in total. The number of nitrogens with two attached hydrogens (primary N) is 1. The summed E-state index contributed by atoms with van der Waals surface area (Å²) in [5.41, 5.74) is 7.00. The van der Waals surface area contributed by atoms with Crippen molar-refractivity contribution in [2.45, 2.75) is 20.8 Å². The van der Waals surface area contributed by atoms with Crippen LogP contribution in [0.15, 0.2) is 36.7 Å². The summed E-state index contributed by atoms with van der Waals surface area (Å²) in [6, 6.07) is 7.51. The van der Waals surface area contributed by atoms with Gasteiger partial charge in [0.2, 0.25) is 0 Å². The third-order valence-electron chi connectivity index (χ3n) is 3.79. The van der Waals surface area contributed by atoms with Gasteiger partial charge >= 0.3 is 5.97 Å². The van der Waals surface area contributed by atoms with E-state index >= 15 is 0 Å². The van der Waals surface area contributed by atoms with Crippen molar-refractivity contribution >= 4 is 55.5 Å². The van der Waals surface area contributed by atoms with Crippen LogP contribution in [-0.4, -0.2) is 27.5 Å². The summed E-state index contributed by atoms with van der Waals surface area (Å²) in [7, 11) is 0. The summed E-state index contributed by atoms with van der Waals surface area (Å²) in [5, 5.41) is 1.96. The SMILES string of the molecule is CCOC(=O)c1cc(C)sc1N.Cc1cc2c(Cl)nc(-c3ccncc3)nc2s1. The van der Waals surface area contributed by atoms with E-state index in [1.165, 1.54) is 16.2 Å². The number of halogens is 1. The maximum Gasteiger partial charge on any atom is 0.341 e. The number of nitrogens with zero attached hydrogens (tertiary/aromatic N) is 3. The summed E-state index contributed by atoms with van der Waals surface area (Å²) < 4.78 is 4.81. The standard InChI is InChI=1S/C12H8ClN3S.C8H11NO2S/c1-7-6-9-10(13)15-11(16-12(9)17-7)8-2-4-14-5-3-8;1-3-11-8(10)6-4-5(2)12-7(6)9/h2-6H,1H3;4H,3,9H2,1-2H3. The summed E-state index contributed by atoms with van der Waals surface area (Å²) in [5.74, 6) is 0.311. The predicted molar refractivity (Wildman–Crippen MR) is 120 cm³/mol. The molecule has 0 aliphatic carbocycles. The van der Waals surface area contributed by atoms with E-state index < -0.39 is 0 Å². The van der Waals surface area contributed by atoms with Gasteiger partial charge in [0.1, 0.15) is 15.0 Å². The van der Waals surface area contributed by atoms with E-state index in [-0.39, 0.29) is 5.97 Å². The van der Waals surface area contributed by atoms with Crippen LogP contribution < -0.4 is 5.73 Å². The van der Waals surface area contributed by atoms with Gasteiger partial charge < -0.3 is 10.5 Å². The third-order valence-corrected chi connectivity index (χ3v) is 5.90. The molecular weight excluding hydrogens is 428 g/mol. The van der Waals surface area contributed by atoms with Crippen molar-refractivity contribution in [1.29, 1.82) is 0 Å². The average Bonchev–Trinajstić information content (AvgIpc) is 3.24. The Kier molecular flexibility index (Phi) is 6.79. The molecule has 0 radical (unpaired) electrons. The molecule has 0 saturated carbocycles. The molecule has 4 heterocycles. The number of anilines is 1. The van der Waals surface area contributed by atoms with Crippen molar-refractivity contribution in [3.63, 3.8) is 0 Å². The van der Waals surface area contributed by atoms with Crippen LogP contribution in [0.5, 0.6) is 0 Å². The molecule has 4 rings (SSSR count). The first-order valence-electron chi connectivity index (χ1n) is 8.76. The molecule has 4 aromatic rings. The lowest BCUT2D eigenvalue weighted by Gasteiger charge is -2.00. The maximum absolute atomic E-state index is 11.2. The van der Waals surface area contributed by atoms with Crippen molar-refractivity contribution in [2.75, 3.05) is 12.3 Å². The molecule has 0 atom stereocenters. The minimum atomic E-state index is -0.334. The molecule has 0 aliphatic rings. The Labute approximate surface area is 181 Å². The molecule has 0 bridgehead atoms. The fourth-order valence-electron chi connectivity index (χ4n) is 2.54. The molecule has 0 aliphatic heterocycles. The Morgan fingerprint density at radius 2 is 1.83 bits per heavy atom. The number of fused-ring (bicyclic) bond motifs is 1. The first-order chi connectivity index (χ1) is 13.9. The zero-order valence-corrected chi connectivity index (χ0v) is 18.5. The van der Waals surface area contributed by atoms with Crippen molar-refractivity contribution in [3.8, 4) is 11.4 Å². The van der Waals surface area contributed by atoms with Crippen LogP contribution in [0.2, 0.25) is 5.15 Å². The van der Waals surface area contributed by atoms with E-state index in [2.05, 4.69) is 15.0 Å². The molecule has 0 amide bonds. The number of pyridine rings is 1. The van der Waals surface area contributed by atoms with Crippen LogP contribution in [0.1, 0.15) is 27.0 Å². The molecule has 0 unspecified atom stereocenters. The van der Waals surface area contributed by atoms with Crippen LogP contribution in [0.25, 0.3) is 21.6 Å². The first kappa shape index (κ1) is 21.2. The van der Waals surface area contributed by atoms with E-state index in [0.717, 1.165) is 20.7 Å². The van der Waals surface area contributed by atoms with Gasteiger partial charge in [0.25, 0.3) is 0 Å². The quantitative estimate of drug-likeness (QED) is 0.328. The Bertz CT molecular complexity index is 1140. The summed E-state index contributed by atoms with van der Waals surface area (Å²) in [4.78, 5) is 27.1. The lowest BCUT2D eigenvalue weighted by atomic mass is 10.2. The highest BCUT2D eigenvalue weighted by Gasteiger charge is 2.13.